The first-order chi connectivity index (χ1) is 18.0. The normalized spacial score (nSPS) is 18.1. The monoisotopic (exact) mass is 605 g/mol. The lowest BCUT2D eigenvalue weighted by molar-refractivity contribution is -0.137. The zero-order chi connectivity index (χ0) is 27.6. The molecule has 3 aromatic rings. The number of hydrogen-bond acceptors (Lipinski definition) is 5. The zero-order valence-electron chi connectivity index (χ0n) is 21.4. The molecule has 202 valence electrons. The van der Waals surface area contributed by atoms with E-state index >= 15 is 0 Å². The molecule has 3 unspecified atom stereocenters. The van der Waals surface area contributed by atoms with Crippen molar-refractivity contribution in [2.45, 2.75) is 57.7 Å². The molecule has 4 atom stereocenters. The number of carbonyl (C=O) groups excluding carboxylic acids is 2. The molecule has 8 nitrogen and oxygen atoms in total. The Balaban J connectivity index is 1.46. The van der Waals surface area contributed by atoms with Crippen LogP contribution < -0.4 is 5.32 Å². The SMILES string of the molecule is Cc1cc([C@@H](C)n2cc(C3CCCN(C(=O)C(NC(=O)c4cc(Cl)ccc4F)C(C)O)C3)nn2)ccc1Br. The number of aryl methyl sites for hydroxylation is 1. The third kappa shape index (κ3) is 6.24. The maximum absolute atomic E-state index is 14.2. The van der Waals surface area contributed by atoms with Crippen LogP contribution >= 0.6 is 27.5 Å². The number of nitrogens with zero attached hydrogens (tertiary/aromatic N) is 4. The molecular weight excluding hydrogens is 577 g/mol. The first-order valence-electron chi connectivity index (χ1n) is 12.5. The Labute approximate surface area is 234 Å². The van der Waals surface area contributed by atoms with Gasteiger partial charge in [-0.3, -0.25) is 9.59 Å². The van der Waals surface area contributed by atoms with Crippen LogP contribution in [0.4, 0.5) is 4.39 Å². The third-order valence-corrected chi connectivity index (χ3v) is 8.07. The highest BCUT2D eigenvalue weighted by Gasteiger charge is 2.34. The highest BCUT2D eigenvalue weighted by atomic mass is 79.9. The standard InChI is InChI=1S/C27H30BrClFN5O3/c1-15-11-18(6-8-22(15)28)16(2)35-14-24(32-33-35)19-5-4-10-34(13-19)27(38)25(17(3)36)31-26(37)21-12-20(29)7-9-23(21)30/h6-9,11-12,14,16-17,19,25,36H,4-5,10,13H2,1-3H3,(H,31,37)/t16-,17?,19?,25?/m1/s1. The Kier molecular flexibility index (Phi) is 8.85. The van der Waals surface area contributed by atoms with E-state index in [4.69, 9.17) is 11.6 Å². The van der Waals surface area contributed by atoms with E-state index in [0.29, 0.717) is 13.1 Å². The third-order valence-electron chi connectivity index (χ3n) is 6.95. The van der Waals surface area contributed by atoms with Crippen LogP contribution in [0.15, 0.2) is 47.1 Å². The number of rotatable bonds is 7. The van der Waals surface area contributed by atoms with Crippen LogP contribution in [-0.2, 0) is 4.79 Å². The average Bonchev–Trinajstić information content (AvgIpc) is 3.39. The largest absolute Gasteiger partial charge is 0.391 e. The molecule has 2 N–H and O–H groups in total. The van der Waals surface area contributed by atoms with Crippen molar-refractivity contribution in [1.82, 2.24) is 25.2 Å². The number of aliphatic hydroxyl groups excluding tert-OH is 1. The van der Waals surface area contributed by atoms with Gasteiger partial charge in [0.2, 0.25) is 5.91 Å². The molecule has 0 saturated carbocycles. The lowest BCUT2D eigenvalue weighted by atomic mass is 9.94. The summed E-state index contributed by atoms with van der Waals surface area (Å²) in [4.78, 5) is 27.7. The molecule has 1 aliphatic heterocycles. The molecule has 1 aromatic heterocycles. The van der Waals surface area contributed by atoms with Crippen molar-refractivity contribution < 1.29 is 19.1 Å². The minimum Gasteiger partial charge on any atom is -0.391 e. The van der Waals surface area contributed by atoms with E-state index in [-0.39, 0.29) is 22.5 Å². The van der Waals surface area contributed by atoms with Gasteiger partial charge in [0.05, 0.1) is 23.4 Å². The molecule has 4 rings (SSSR count). The van der Waals surface area contributed by atoms with Crippen molar-refractivity contribution in [3.8, 4) is 0 Å². The topological polar surface area (TPSA) is 100 Å². The minimum atomic E-state index is -1.24. The molecule has 0 spiro atoms. The summed E-state index contributed by atoms with van der Waals surface area (Å²) in [5, 5.41) is 21.7. The molecule has 11 heteroatoms. The van der Waals surface area contributed by atoms with E-state index in [1.54, 1.807) is 4.90 Å². The van der Waals surface area contributed by atoms with E-state index in [9.17, 15) is 19.1 Å². The molecule has 2 amide bonds. The number of piperidine rings is 1. The van der Waals surface area contributed by atoms with Crippen LogP contribution in [-0.4, -0.2) is 62.0 Å². The fourth-order valence-electron chi connectivity index (χ4n) is 4.64. The Morgan fingerprint density at radius 2 is 2.00 bits per heavy atom. The molecule has 0 bridgehead atoms. The van der Waals surface area contributed by atoms with Gasteiger partial charge in [-0.25, -0.2) is 9.07 Å². The number of benzene rings is 2. The number of carbonyl (C=O) groups is 2. The van der Waals surface area contributed by atoms with Gasteiger partial charge < -0.3 is 15.3 Å². The average molecular weight is 607 g/mol. The lowest BCUT2D eigenvalue weighted by Crippen LogP contribution is -2.55. The van der Waals surface area contributed by atoms with E-state index in [2.05, 4.69) is 44.5 Å². The molecule has 1 aliphatic rings. The molecule has 1 saturated heterocycles. The van der Waals surface area contributed by atoms with Crippen molar-refractivity contribution in [2.24, 2.45) is 0 Å². The fourth-order valence-corrected chi connectivity index (χ4v) is 5.06. The second-order valence-corrected chi connectivity index (χ2v) is 11.0. The molecule has 2 aromatic carbocycles. The summed E-state index contributed by atoms with van der Waals surface area (Å²) in [6.45, 7) is 6.34. The Morgan fingerprint density at radius 3 is 2.71 bits per heavy atom. The van der Waals surface area contributed by atoms with Gasteiger partial charge >= 0.3 is 0 Å². The maximum Gasteiger partial charge on any atom is 0.255 e. The van der Waals surface area contributed by atoms with Crippen LogP contribution in [0.1, 0.15) is 65.8 Å². The molecule has 38 heavy (non-hydrogen) atoms. The summed E-state index contributed by atoms with van der Waals surface area (Å²) in [6, 6.07) is 8.50. The van der Waals surface area contributed by atoms with Crippen molar-refractivity contribution >= 4 is 39.3 Å². The highest BCUT2D eigenvalue weighted by Crippen LogP contribution is 2.28. The van der Waals surface area contributed by atoms with Gasteiger partial charge in [-0.05, 0) is 69.0 Å². The van der Waals surface area contributed by atoms with Crippen LogP contribution in [0.2, 0.25) is 5.02 Å². The number of halogens is 3. The molecule has 0 radical (unpaired) electrons. The summed E-state index contributed by atoms with van der Waals surface area (Å²) < 4.78 is 17.0. The van der Waals surface area contributed by atoms with Crippen molar-refractivity contribution in [1.29, 1.82) is 0 Å². The van der Waals surface area contributed by atoms with Gasteiger partial charge in [-0.1, -0.05) is 44.9 Å². The minimum absolute atomic E-state index is 0.0221. The lowest BCUT2D eigenvalue weighted by Gasteiger charge is -2.35. The Hall–Kier alpha value is -2.82. The maximum atomic E-state index is 14.2. The van der Waals surface area contributed by atoms with Crippen LogP contribution in [0.3, 0.4) is 0 Å². The molecule has 1 fully saturated rings. The van der Waals surface area contributed by atoms with Gasteiger partial charge in [0.15, 0.2) is 0 Å². The Morgan fingerprint density at radius 1 is 1.24 bits per heavy atom. The summed E-state index contributed by atoms with van der Waals surface area (Å²) in [6.07, 6.45) is 2.28. The summed E-state index contributed by atoms with van der Waals surface area (Å²) in [5.74, 6) is -2.07. The molecule has 0 aliphatic carbocycles. The van der Waals surface area contributed by atoms with Crippen molar-refractivity contribution in [3.05, 3.63) is 80.3 Å². The van der Waals surface area contributed by atoms with Gasteiger partial charge in [0.25, 0.3) is 5.91 Å². The van der Waals surface area contributed by atoms with E-state index in [1.807, 2.05) is 29.9 Å². The number of aromatic nitrogens is 3. The summed E-state index contributed by atoms with van der Waals surface area (Å²) in [7, 11) is 0. The van der Waals surface area contributed by atoms with Crippen LogP contribution in [0.5, 0.6) is 0 Å². The number of amides is 2. The van der Waals surface area contributed by atoms with Gasteiger partial charge in [0.1, 0.15) is 11.9 Å². The number of hydrogen-bond donors (Lipinski definition) is 2. The van der Waals surface area contributed by atoms with Crippen LogP contribution in [0, 0.1) is 12.7 Å². The predicted octanol–water partition coefficient (Wildman–Crippen LogP) is 4.64. The van der Waals surface area contributed by atoms with E-state index in [1.165, 1.54) is 19.1 Å². The van der Waals surface area contributed by atoms with Crippen LogP contribution in [0.25, 0.3) is 0 Å². The summed E-state index contributed by atoms with van der Waals surface area (Å²) in [5.41, 5.74) is 2.73. The highest BCUT2D eigenvalue weighted by molar-refractivity contribution is 9.10. The second-order valence-electron chi connectivity index (χ2n) is 9.75. The van der Waals surface area contributed by atoms with Crippen molar-refractivity contribution in [2.75, 3.05) is 13.1 Å². The smallest absolute Gasteiger partial charge is 0.255 e. The van der Waals surface area contributed by atoms with E-state index in [0.717, 1.165) is 40.2 Å². The first-order valence-corrected chi connectivity index (χ1v) is 13.6. The van der Waals surface area contributed by atoms with Gasteiger partial charge in [-0.2, -0.15) is 0 Å². The molecular formula is C27H30BrClFN5O3. The van der Waals surface area contributed by atoms with E-state index < -0.39 is 29.8 Å². The predicted molar refractivity (Wildman–Crippen MR) is 146 cm³/mol. The van der Waals surface area contributed by atoms with Gasteiger partial charge in [0, 0.05) is 34.7 Å². The summed E-state index contributed by atoms with van der Waals surface area (Å²) >= 11 is 9.43. The molecule has 2 heterocycles. The zero-order valence-corrected chi connectivity index (χ0v) is 23.7. The second kappa shape index (κ2) is 11.9. The van der Waals surface area contributed by atoms with Gasteiger partial charge in [-0.15, -0.1) is 5.10 Å². The number of likely N-dealkylation sites (tertiary alicyclic amines) is 1. The van der Waals surface area contributed by atoms with Crippen molar-refractivity contribution in [3.63, 3.8) is 0 Å². The number of nitrogens with one attached hydrogen (secondary N) is 1. The number of aliphatic hydroxyl groups is 1. The first kappa shape index (κ1) is 28.2. The Bertz CT molecular complexity index is 1330. The quantitative estimate of drug-likeness (QED) is 0.408. The fraction of sp³-hybridized carbons (Fsp3) is 0.407.